The Labute approximate surface area is 123 Å². The molecule has 0 aliphatic heterocycles. The molecule has 0 aromatic carbocycles. The third-order valence-corrected chi connectivity index (χ3v) is 5.83. The zero-order valence-corrected chi connectivity index (χ0v) is 12.5. The second kappa shape index (κ2) is 4.77. The van der Waals surface area contributed by atoms with Crippen LogP contribution < -0.4 is 4.90 Å². The van der Waals surface area contributed by atoms with E-state index in [0.29, 0.717) is 11.0 Å². The minimum absolute atomic E-state index is 0.243. The maximum atomic E-state index is 10.9. The molecular weight excluding hydrogens is 304 g/mol. The summed E-state index contributed by atoms with van der Waals surface area (Å²) in [7, 11) is 1.88. The summed E-state index contributed by atoms with van der Waals surface area (Å²) in [6.45, 7) is 0. The molecule has 0 spiro atoms. The Morgan fingerprint density at radius 3 is 2.84 bits per heavy atom. The van der Waals surface area contributed by atoms with Crippen molar-refractivity contribution >= 4 is 50.4 Å². The van der Waals surface area contributed by atoms with Gasteiger partial charge in [0.25, 0.3) is 0 Å². The van der Waals surface area contributed by atoms with Gasteiger partial charge in [0.1, 0.15) is 4.88 Å². The molecule has 0 saturated heterocycles. The quantitative estimate of drug-likeness (QED) is 0.918. The minimum Gasteiger partial charge on any atom is -0.477 e. The Bertz CT molecular complexity index is 633. The standard InChI is InChI=1S/C12H11ClN2O2S2/c1-15(12-14-5-8(18-12)11(16)17)9-4-7(13)10(19-9)6-2-3-6/h4-6H,2-3H2,1H3,(H,16,17). The van der Waals surface area contributed by atoms with Crippen molar-refractivity contribution in [3.05, 3.63) is 27.0 Å². The largest absolute Gasteiger partial charge is 0.477 e. The number of anilines is 2. The van der Waals surface area contributed by atoms with Gasteiger partial charge in [-0.25, -0.2) is 9.78 Å². The number of rotatable bonds is 4. The van der Waals surface area contributed by atoms with Crippen LogP contribution in [0.2, 0.25) is 5.02 Å². The molecule has 2 aromatic rings. The summed E-state index contributed by atoms with van der Waals surface area (Å²) in [6, 6.07) is 1.93. The molecule has 1 saturated carbocycles. The van der Waals surface area contributed by atoms with Crippen LogP contribution in [0.15, 0.2) is 12.3 Å². The van der Waals surface area contributed by atoms with Crippen LogP contribution in [0.1, 0.15) is 33.3 Å². The molecule has 0 radical (unpaired) electrons. The zero-order chi connectivity index (χ0) is 13.6. The van der Waals surface area contributed by atoms with Gasteiger partial charge in [0.05, 0.1) is 16.2 Å². The van der Waals surface area contributed by atoms with E-state index in [4.69, 9.17) is 16.7 Å². The summed E-state index contributed by atoms with van der Waals surface area (Å²) in [4.78, 5) is 18.4. The van der Waals surface area contributed by atoms with Crippen LogP contribution in [-0.2, 0) is 0 Å². The topological polar surface area (TPSA) is 53.4 Å². The molecule has 19 heavy (non-hydrogen) atoms. The molecule has 1 fully saturated rings. The van der Waals surface area contributed by atoms with Crippen molar-refractivity contribution in [1.29, 1.82) is 0 Å². The fraction of sp³-hybridized carbons (Fsp3) is 0.333. The molecule has 0 amide bonds. The molecule has 2 heterocycles. The van der Waals surface area contributed by atoms with E-state index < -0.39 is 5.97 Å². The Kier molecular flexibility index (Phi) is 3.24. The lowest BCUT2D eigenvalue weighted by Gasteiger charge is -2.12. The molecule has 4 nitrogen and oxygen atoms in total. The summed E-state index contributed by atoms with van der Waals surface area (Å²) in [5, 5.41) is 11.4. The van der Waals surface area contributed by atoms with Crippen molar-refractivity contribution in [2.45, 2.75) is 18.8 Å². The first-order valence-corrected chi connectivity index (χ1v) is 7.79. The number of thiophene rings is 1. The first-order chi connectivity index (χ1) is 9.06. The van der Waals surface area contributed by atoms with E-state index in [2.05, 4.69) is 4.98 Å². The van der Waals surface area contributed by atoms with Gasteiger partial charge in [-0.15, -0.1) is 11.3 Å². The van der Waals surface area contributed by atoms with E-state index in [-0.39, 0.29) is 4.88 Å². The lowest BCUT2D eigenvalue weighted by Crippen LogP contribution is -2.06. The Hall–Kier alpha value is -1.11. The van der Waals surface area contributed by atoms with Crippen LogP contribution in [0.5, 0.6) is 0 Å². The van der Waals surface area contributed by atoms with Gasteiger partial charge in [-0.05, 0) is 24.8 Å². The maximum absolute atomic E-state index is 10.9. The number of hydrogen-bond donors (Lipinski definition) is 1. The van der Waals surface area contributed by atoms with Gasteiger partial charge >= 0.3 is 5.97 Å². The van der Waals surface area contributed by atoms with Gasteiger partial charge in [-0.3, -0.25) is 0 Å². The molecule has 3 rings (SSSR count). The van der Waals surface area contributed by atoms with Crippen LogP contribution in [0.3, 0.4) is 0 Å². The summed E-state index contributed by atoms with van der Waals surface area (Å²) in [6.07, 6.45) is 3.81. The third kappa shape index (κ3) is 2.48. The summed E-state index contributed by atoms with van der Waals surface area (Å²) in [5.41, 5.74) is 0. The third-order valence-electron chi connectivity index (χ3n) is 2.97. The molecule has 7 heteroatoms. The average molecular weight is 315 g/mol. The molecule has 1 aliphatic carbocycles. The van der Waals surface area contributed by atoms with Gasteiger partial charge < -0.3 is 10.0 Å². The van der Waals surface area contributed by atoms with Gasteiger partial charge in [-0.1, -0.05) is 22.9 Å². The van der Waals surface area contributed by atoms with Crippen LogP contribution in [0.4, 0.5) is 10.1 Å². The number of halogens is 1. The van der Waals surface area contributed by atoms with Crippen LogP contribution in [-0.4, -0.2) is 23.1 Å². The van der Waals surface area contributed by atoms with Crippen molar-refractivity contribution in [2.75, 3.05) is 11.9 Å². The monoisotopic (exact) mass is 314 g/mol. The van der Waals surface area contributed by atoms with E-state index in [1.807, 2.05) is 18.0 Å². The minimum atomic E-state index is -0.944. The zero-order valence-electron chi connectivity index (χ0n) is 10.1. The molecule has 0 atom stereocenters. The van der Waals surface area contributed by atoms with Crippen molar-refractivity contribution < 1.29 is 9.90 Å². The second-order valence-electron chi connectivity index (χ2n) is 4.44. The Morgan fingerprint density at radius 2 is 2.26 bits per heavy atom. The molecular formula is C12H11ClN2O2S2. The highest BCUT2D eigenvalue weighted by atomic mass is 35.5. The molecule has 100 valence electrons. The number of thiazole rings is 1. The highest BCUT2D eigenvalue weighted by Crippen LogP contribution is 2.49. The average Bonchev–Trinajstić information content (AvgIpc) is 2.95. The van der Waals surface area contributed by atoms with Gasteiger partial charge in [0, 0.05) is 11.9 Å². The van der Waals surface area contributed by atoms with Crippen LogP contribution in [0, 0.1) is 0 Å². The van der Waals surface area contributed by atoms with Crippen molar-refractivity contribution in [2.24, 2.45) is 0 Å². The SMILES string of the molecule is CN(c1cc(Cl)c(C2CC2)s1)c1ncc(C(=O)O)s1. The van der Waals surface area contributed by atoms with Crippen LogP contribution >= 0.6 is 34.3 Å². The summed E-state index contributed by atoms with van der Waals surface area (Å²) >= 11 is 9.07. The van der Waals surface area contributed by atoms with E-state index in [1.165, 1.54) is 23.9 Å². The number of aromatic carboxylic acids is 1. The predicted octanol–water partition coefficient (Wildman–Crippen LogP) is 4.20. The Balaban J connectivity index is 1.87. The number of carboxylic acid groups (broad SMARTS) is 1. The van der Waals surface area contributed by atoms with E-state index >= 15 is 0 Å². The summed E-state index contributed by atoms with van der Waals surface area (Å²) < 4.78 is 0. The lowest BCUT2D eigenvalue weighted by atomic mass is 10.3. The molecule has 0 bridgehead atoms. The smallest absolute Gasteiger partial charge is 0.347 e. The highest BCUT2D eigenvalue weighted by molar-refractivity contribution is 7.19. The molecule has 0 unspecified atom stereocenters. The second-order valence-corrected chi connectivity index (χ2v) is 6.92. The first kappa shape index (κ1) is 12.9. The predicted molar refractivity (Wildman–Crippen MR) is 78.4 cm³/mol. The van der Waals surface area contributed by atoms with E-state index in [9.17, 15) is 4.79 Å². The molecule has 1 N–H and O–H groups in total. The van der Waals surface area contributed by atoms with Gasteiger partial charge in [0.2, 0.25) is 0 Å². The Morgan fingerprint density at radius 1 is 1.53 bits per heavy atom. The molecule has 1 aliphatic rings. The summed E-state index contributed by atoms with van der Waals surface area (Å²) in [5.74, 6) is -0.328. The number of hydrogen-bond acceptors (Lipinski definition) is 5. The number of carboxylic acids is 1. The number of aromatic nitrogens is 1. The van der Waals surface area contributed by atoms with Gasteiger partial charge in [-0.2, -0.15) is 0 Å². The first-order valence-electron chi connectivity index (χ1n) is 5.78. The normalized spacial score (nSPS) is 14.6. The fourth-order valence-electron chi connectivity index (χ4n) is 1.77. The van der Waals surface area contributed by atoms with Gasteiger partial charge in [0.15, 0.2) is 5.13 Å². The number of nitrogens with zero attached hydrogens (tertiary/aromatic N) is 2. The number of carbonyl (C=O) groups is 1. The van der Waals surface area contributed by atoms with Crippen molar-refractivity contribution in [1.82, 2.24) is 4.98 Å². The van der Waals surface area contributed by atoms with Crippen LogP contribution in [0.25, 0.3) is 0 Å². The van der Waals surface area contributed by atoms with E-state index in [1.54, 1.807) is 11.3 Å². The van der Waals surface area contributed by atoms with Crippen molar-refractivity contribution in [3.63, 3.8) is 0 Å². The van der Waals surface area contributed by atoms with Crippen molar-refractivity contribution in [3.8, 4) is 0 Å². The maximum Gasteiger partial charge on any atom is 0.347 e. The molecule has 2 aromatic heterocycles. The highest BCUT2D eigenvalue weighted by Gasteiger charge is 2.29. The van der Waals surface area contributed by atoms with E-state index in [0.717, 1.165) is 21.4 Å². The fourth-order valence-corrected chi connectivity index (χ4v) is 4.18. The lowest BCUT2D eigenvalue weighted by molar-refractivity contribution is 0.0702.